The summed E-state index contributed by atoms with van der Waals surface area (Å²) >= 11 is 5.31. The van der Waals surface area contributed by atoms with Crippen LogP contribution in [0.5, 0.6) is 0 Å². The van der Waals surface area contributed by atoms with Crippen molar-refractivity contribution in [1.29, 1.82) is 0 Å². The summed E-state index contributed by atoms with van der Waals surface area (Å²) in [5, 5.41) is 0. The number of fused-ring (bicyclic) bond motifs is 1. The summed E-state index contributed by atoms with van der Waals surface area (Å²) in [6.07, 6.45) is 1.96. The number of benzene rings is 1. The number of aromatic nitrogens is 3. The molecule has 4 heteroatoms. The third-order valence-electron chi connectivity index (χ3n) is 2.66. The summed E-state index contributed by atoms with van der Waals surface area (Å²) in [6, 6.07) is 12.0. The molecule has 2 aromatic heterocycles. The van der Waals surface area contributed by atoms with Crippen molar-refractivity contribution in [3.8, 4) is 11.3 Å². The van der Waals surface area contributed by atoms with Gasteiger partial charge < -0.3 is 4.98 Å². The minimum Gasteiger partial charge on any atom is -0.329 e. The van der Waals surface area contributed by atoms with Crippen LogP contribution in [0.25, 0.3) is 17.0 Å². The van der Waals surface area contributed by atoms with Crippen molar-refractivity contribution in [3.63, 3.8) is 0 Å². The second-order valence-electron chi connectivity index (χ2n) is 3.98. The Morgan fingerprint density at radius 1 is 1.24 bits per heavy atom. The van der Waals surface area contributed by atoms with E-state index in [2.05, 4.69) is 9.97 Å². The molecule has 1 N–H and O–H groups in total. The van der Waals surface area contributed by atoms with Gasteiger partial charge in [-0.05, 0) is 13.0 Å². The maximum atomic E-state index is 5.31. The van der Waals surface area contributed by atoms with Gasteiger partial charge in [0.2, 0.25) is 5.78 Å². The van der Waals surface area contributed by atoms with Gasteiger partial charge in [0.05, 0.1) is 5.69 Å². The first kappa shape index (κ1) is 10.2. The smallest absolute Gasteiger partial charge is 0.213 e. The minimum atomic E-state index is 0.769. The third kappa shape index (κ3) is 1.76. The first-order valence-electron chi connectivity index (χ1n) is 5.38. The average Bonchev–Trinajstić information content (AvgIpc) is 2.74. The van der Waals surface area contributed by atoms with E-state index in [1.165, 1.54) is 0 Å². The molecule has 0 aliphatic rings. The maximum Gasteiger partial charge on any atom is 0.213 e. The molecule has 0 atom stereocenters. The molecule has 84 valence electrons. The fourth-order valence-corrected chi connectivity index (χ4v) is 2.17. The summed E-state index contributed by atoms with van der Waals surface area (Å²) in [4.78, 5) is 7.75. The van der Waals surface area contributed by atoms with Crippen LogP contribution in [0.1, 0.15) is 5.69 Å². The molecule has 0 fully saturated rings. The second kappa shape index (κ2) is 3.82. The molecule has 1 aromatic carbocycles. The molecule has 0 unspecified atom stereocenters. The predicted molar refractivity (Wildman–Crippen MR) is 70.5 cm³/mol. The van der Waals surface area contributed by atoms with Gasteiger partial charge in [0.25, 0.3) is 0 Å². The average molecular weight is 241 g/mol. The molecule has 0 saturated heterocycles. The predicted octanol–water partition coefficient (Wildman–Crippen LogP) is 3.37. The number of hydrogen-bond donors (Lipinski definition) is 1. The maximum absolute atomic E-state index is 5.31. The normalized spacial score (nSPS) is 10.9. The molecule has 0 amide bonds. The van der Waals surface area contributed by atoms with Gasteiger partial charge in [-0.15, -0.1) is 0 Å². The summed E-state index contributed by atoms with van der Waals surface area (Å²) in [5.74, 6) is 0.786. The molecule has 3 aromatic rings. The van der Waals surface area contributed by atoms with Crippen LogP contribution in [0, 0.1) is 11.6 Å². The van der Waals surface area contributed by atoms with Crippen molar-refractivity contribution < 1.29 is 0 Å². The number of imidazole rings is 1. The lowest BCUT2D eigenvalue weighted by Crippen LogP contribution is -1.91. The van der Waals surface area contributed by atoms with Crippen LogP contribution in [0.15, 0.2) is 42.6 Å². The SMILES string of the molecule is Cc1cc(=S)n2cc(-c3ccccc3)nc2[nH]1. The second-order valence-corrected chi connectivity index (χ2v) is 4.39. The highest BCUT2D eigenvalue weighted by atomic mass is 32.1. The lowest BCUT2D eigenvalue weighted by Gasteiger charge is -1.95. The fraction of sp³-hybridized carbons (Fsp3) is 0.0769. The number of hydrogen-bond acceptors (Lipinski definition) is 2. The number of rotatable bonds is 1. The van der Waals surface area contributed by atoms with Crippen LogP contribution >= 0.6 is 12.2 Å². The Labute approximate surface area is 104 Å². The molecule has 3 rings (SSSR count). The molecular weight excluding hydrogens is 230 g/mol. The van der Waals surface area contributed by atoms with E-state index in [1.807, 2.05) is 53.9 Å². The van der Waals surface area contributed by atoms with E-state index >= 15 is 0 Å². The largest absolute Gasteiger partial charge is 0.329 e. The van der Waals surface area contributed by atoms with Crippen molar-refractivity contribution >= 4 is 18.0 Å². The topological polar surface area (TPSA) is 33.1 Å². The number of nitrogens with zero attached hydrogens (tertiary/aromatic N) is 2. The molecule has 0 radical (unpaired) electrons. The lowest BCUT2D eigenvalue weighted by molar-refractivity contribution is 1.05. The molecule has 0 aliphatic carbocycles. The van der Waals surface area contributed by atoms with Gasteiger partial charge in [-0.25, -0.2) is 4.98 Å². The Hall–Kier alpha value is -1.94. The van der Waals surface area contributed by atoms with Gasteiger partial charge in [-0.1, -0.05) is 42.5 Å². The van der Waals surface area contributed by atoms with Crippen molar-refractivity contribution in [2.45, 2.75) is 6.92 Å². The van der Waals surface area contributed by atoms with Gasteiger partial charge >= 0.3 is 0 Å². The lowest BCUT2D eigenvalue weighted by atomic mass is 10.2. The molecule has 0 aliphatic heterocycles. The first-order chi connectivity index (χ1) is 8.24. The van der Waals surface area contributed by atoms with Crippen LogP contribution in [0.2, 0.25) is 0 Å². The highest BCUT2D eigenvalue weighted by Crippen LogP contribution is 2.18. The van der Waals surface area contributed by atoms with Crippen molar-refractivity contribution in [2.75, 3.05) is 0 Å². The van der Waals surface area contributed by atoms with Gasteiger partial charge in [-0.3, -0.25) is 4.40 Å². The van der Waals surface area contributed by atoms with Crippen LogP contribution in [-0.4, -0.2) is 14.4 Å². The number of aromatic amines is 1. The molecular formula is C13H11N3S. The van der Waals surface area contributed by atoms with Crippen molar-refractivity contribution in [1.82, 2.24) is 14.4 Å². The van der Waals surface area contributed by atoms with E-state index in [1.54, 1.807) is 0 Å². The van der Waals surface area contributed by atoms with Crippen molar-refractivity contribution in [2.24, 2.45) is 0 Å². The highest BCUT2D eigenvalue weighted by Gasteiger charge is 2.05. The first-order valence-corrected chi connectivity index (χ1v) is 5.79. The van der Waals surface area contributed by atoms with E-state index in [0.717, 1.165) is 27.4 Å². The summed E-state index contributed by atoms with van der Waals surface area (Å²) in [7, 11) is 0. The van der Waals surface area contributed by atoms with Crippen LogP contribution in [0.4, 0.5) is 0 Å². The Kier molecular flexibility index (Phi) is 2.30. The third-order valence-corrected chi connectivity index (χ3v) is 2.98. The molecule has 3 nitrogen and oxygen atoms in total. The highest BCUT2D eigenvalue weighted by molar-refractivity contribution is 7.71. The Balaban J connectivity index is 2.28. The molecule has 17 heavy (non-hydrogen) atoms. The van der Waals surface area contributed by atoms with Gasteiger partial charge in [-0.2, -0.15) is 0 Å². The minimum absolute atomic E-state index is 0.769. The van der Waals surface area contributed by atoms with E-state index in [-0.39, 0.29) is 0 Å². The van der Waals surface area contributed by atoms with Crippen LogP contribution in [0.3, 0.4) is 0 Å². The molecule has 0 saturated carbocycles. The number of aryl methyl sites for hydroxylation is 1. The monoisotopic (exact) mass is 241 g/mol. The zero-order chi connectivity index (χ0) is 11.8. The quantitative estimate of drug-likeness (QED) is 0.663. The molecule has 0 spiro atoms. The van der Waals surface area contributed by atoms with Crippen molar-refractivity contribution in [3.05, 3.63) is 52.9 Å². The zero-order valence-corrected chi connectivity index (χ0v) is 10.2. The van der Waals surface area contributed by atoms with E-state index in [9.17, 15) is 0 Å². The van der Waals surface area contributed by atoms with Crippen LogP contribution in [-0.2, 0) is 0 Å². The Bertz CT molecular complexity index is 725. The standard InChI is InChI=1S/C13H11N3S/c1-9-7-12(17)16-8-11(15-13(16)14-9)10-5-3-2-4-6-10/h2-8H,1H3,(H,14,15). The Morgan fingerprint density at radius 3 is 2.76 bits per heavy atom. The summed E-state index contributed by atoms with van der Waals surface area (Å²) < 4.78 is 2.66. The molecule has 2 heterocycles. The van der Waals surface area contributed by atoms with Gasteiger partial charge in [0.1, 0.15) is 4.64 Å². The van der Waals surface area contributed by atoms with E-state index < -0.39 is 0 Å². The zero-order valence-electron chi connectivity index (χ0n) is 9.34. The summed E-state index contributed by atoms with van der Waals surface area (Å²) in [5.41, 5.74) is 3.04. The number of H-pyrrole nitrogens is 1. The molecule has 0 bridgehead atoms. The van der Waals surface area contributed by atoms with E-state index in [4.69, 9.17) is 12.2 Å². The van der Waals surface area contributed by atoms with E-state index in [0.29, 0.717) is 0 Å². The summed E-state index contributed by atoms with van der Waals surface area (Å²) in [6.45, 7) is 1.98. The Morgan fingerprint density at radius 2 is 2.00 bits per heavy atom. The van der Waals surface area contributed by atoms with Crippen LogP contribution < -0.4 is 0 Å². The van der Waals surface area contributed by atoms with Gasteiger partial charge in [0, 0.05) is 17.5 Å². The van der Waals surface area contributed by atoms with Gasteiger partial charge in [0.15, 0.2) is 0 Å². The fourth-order valence-electron chi connectivity index (χ4n) is 1.85. The number of nitrogens with one attached hydrogen (secondary N) is 1.